The summed E-state index contributed by atoms with van der Waals surface area (Å²) in [6.45, 7) is 1.91. The van der Waals surface area contributed by atoms with Gasteiger partial charge in [0.25, 0.3) is 5.91 Å². The van der Waals surface area contributed by atoms with Crippen molar-refractivity contribution in [3.05, 3.63) is 58.1 Å². The van der Waals surface area contributed by atoms with Gasteiger partial charge in [-0.2, -0.15) is 4.31 Å². The number of carbonyl (C=O) groups is 3. The zero-order valence-corrected chi connectivity index (χ0v) is 22.0. The molecule has 2 aliphatic rings. The van der Waals surface area contributed by atoms with E-state index in [4.69, 9.17) is 27.9 Å². The summed E-state index contributed by atoms with van der Waals surface area (Å²) in [4.78, 5) is 39.4. The smallest absolute Gasteiger partial charge is 0.338 e. The third kappa shape index (κ3) is 5.16. The van der Waals surface area contributed by atoms with Gasteiger partial charge >= 0.3 is 5.97 Å². The Kier molecular flexibility index (Phi) is 8.04. The first-order valence-electron chi connectivity index (χ1n) is 11.8. The second-order valence-electron chi connectivity index (χ2n) is 8.76. The standard InChI is InChI=1S/C25H26Cl2N2O6S/c1-2-35-25(32)16-8-11-18(12-9-16)28-23(30)15-21(24(28)31)29(19-6-4-3-5-7-19)36(33,34)22-14-17(26)10-13-20(22)27/h8-14,19,21H,2-7,15H2,1H3. The van der Waals surface area contributed by atoms with Gasteiger partial charge in [0.05, 0.1) is 29.3 Å². The molecule has 2 amide bonds. The highest BCUT2D eigenvalue weighted by Crippen LogP contribution is 2.37. The van der Waals surface area contributed by atoms with Crippen molar-refractivity contribution in [2.75, 3.05) is 11.5 Å². The van der Waals surface area contributed by atoms with Crippen LogP contribution in [0.2, 0.25) is 10.0 Å². The van der Waals surface area contributed by atoms with Crippen LogP contribution in [-0.4, -0.2) is 49.2 Å². The summed E-state index contributed by atoms with van der Waals surface area (Å²) in [6.07, 6.45) is 3.44. The molecule has 1 saturated heterocycles. The maximum Gasteiger partial charge on any atom is 0.338 e. The number of carbonyl (C=O) groups excluding carboxylic acids is 3. The molecule has 1 aliphatic heterocycles. The van der Waals surface area contributed by atoms with E-state index in [0.717, 1.165) is 24.2 Å². The van der Waals surface area contributed by atoms with Gasteiger partial charge in [-0.05, 0) is 62.2 Å². The van der Waals surface area contributed by atoms with Crippen LogP contribution in [0.5, 0.6) is 0 Å². The molecule has 0 bridgehead atoms. The van der Waals surface area contributed by atoms with E-state index in [9.17, 15) is 22.8 Å². The molecule has 2 aromatic carbocycles. The van der Waals surface area contributed by atoms with Gasteiger partial charge in [-0.15, -0.1) is 0 Å². The molecular weight excluding hydrogens is 527 g/mol. The van der Waals surface area contributed by atoms with E-state index in [0.29, 0.717) is 12.8 Å². The Labute approximate surface area is 220 Å². The molecule has 1 aliphatic carbocycles. The van der Waals surface area contributed by atoms with Gasteiger partial charge in [-0.3, -0.25) is 9.59 Å². The van der Waals surface area contributed by atoms with E-state index < -0.39 is 39.9 Å². The quantitative estimate of drug-likeness (QED) is 0.360. The summed E-state index contributed by atoms with van der Waals surface area (Å²) in [6, 6.07) is 8.34. The first-order chi connectivity index (χ1) is 17.1. The summed E-state index contributed by atoms with van der Waals surface area (Å²) in [5.74, 6) is -1.69. The van der Waals surface area contributed by atoms with Crippen LogP contribution < -0.4 is 4.90 Å². The highest BCUT2D eigenvalue weighted by atomic mass is 35.5. The Morgan fingerprint density at radius 2 is 1.72 bits per heavy atom. The van der Waals surface area contributed by atoms with Crippen molar-refractivity contribution in [1.82, 2.24) is 4.31 Å². The monoisotopic (exact) mass is 552 g/mol. The lowest BCUT2D eigenvalue weighted by molar-refractivity contribution is -0.122. The minimum absolute atomic E-state index is 0.0107. The molecule has 2 aromatic rings. The molecule has 36 heavy (non-hydrogen) atoms. The molecule has 0 N–H and O–H groups in total. The summed E-state index contributed by atoms with van der Waals surface area (Å²) >= 11 is 12.3. The minimum atomic E-state index is -4.27. The van der Waals surface area contributed by atoms with Gasteiger partial charge in [0, 0.05) is 11.1 Å². The number of hydrogen-bond acceptors (Lipinski definition) is 6. The van der Waals surface area contributed by atoms with Crippen LogP contribution in [-0.2, 0) is 24.3 Å². The molecule has 8 nitrogen and oxygen atoms in total. The molecule has 11 heteroatoms. The molecule has 1 saturated carbocycles. The predicted octanol–water partition coefficient (Wildman–Crippen LogP) is 4.83. The van der Waals surface area contributed by atoms with E-state index in [1.807, 2.05) is 0 Å². The van der Waals surface area contributed by atoms with Crippen LogP contribution >= 0.6 is 23.2 Å². The third-order valence-corrected chi connectivity index (χ3v) is 9.13. The number of rotatable bonds is 7. The highest BCUT2D eigenvalue weighted by molar-refractivity contribution is 7.89. The van der Waals surface area contributed by atoms with Crippen LogP contribution in [0.25, 0.3) is 0 Å². The number of sulfonamides is 1. The fourth-order valence-electron chi connectivity index (χ4n) is 4.79. The van der Waals surface area contributed by atoms with Crippen LogP contribution in [0.3, 0.4) is 0 Å². The van der Waals surface area contributed by atoms with E-state index >= 15 is 0 Å². The second kappa shape index (κ2) is 10.9. The first-order valence-corrected chi connectivity index (χ1v) is 14.0. The molecule has 1 atom stereocenters. The largest absolute Gasteiger partial charge is 0.462 e. The van der Waals surface area contributed by atoms with Crippen LogP contribution in [0.1, 0.15) is 55.8 Å². The minimum Gasteiger partial charge on any atom is -0.462 e. The number of benzene rings is 2. The average molecular weight is 553 g/mol. The normalized spacial score (nSPS) is 19.2. The average Bonchev–Trinajstić information content (AvgIpc) is 3.14. The summed E-state index contributed by atoms with van der Waals surface area (Å²) in [5.41, 5.74) is 0.528. The van der Waals surface area contributed by atoms with Crippen molar-refractivity contribution in [2.45, 2.75) is 62.4 Å². The lowest BCUT2D eigenvalue weighted by Crippen LogP contribution is -2.51. The Morgan fingerprint density at radius 1 is 1.06 bits per heavy atom. The Balaban J connectivity index is 1.70. The Morgan fingerprint density at radius 3 is 2.36 bits per heavy atom. The van der Waals surface area contributed by atoms with Gasteiger partial charge < -0.3 is 4.74 Å². The molecule has 192 valence electrons. The topological polar surface area (TPSA) is 101 Å². The van der Waals surface area contributed by atoms with E-state index in [1.54, 1.807) is 6.92 Å². The zero-order valence-electron chi connectivity index (χ0n) is 19.7. The number of imide groups is 1. The van der Waals surface area contributed by atoms with Crippen molar-refractivity contribution in [3.8, 4) is 0 Å². The number of hydrogen-bond donors (Lipinski definition) is 0. The molecule has 2 fully saturated rings. The van der Waals surface area contributed by atoms with Crippen LogP contribution in [0, 0.1) is 0 Å². The zero-order chi connectivity index (χ0) is 26.0. The van der Waals surface area contributed by atoms with Gasteiger partial charge in [0.2, 0.25) is 15.9 Å². The first kappa shape index (κ1) is 26.6. The van der Waals surface area contributed by atoms with E-state index in [1.165, 1.54) is 46.8 Å². The van der Waals surface area contributed by atoms with E-state index in [2.05, 4.69) is 0 Å². The van der Waals surface area contributed by atoms with E-state index in [-0.39, 0.29) is 39.2 Å². The van der Waals surface area contributed by atoms with Gasteiger partial charge in [-0.1, -0.05) is 42.5 Å². The summed E-state index contributed by atoms with van der Waals surface area (Å²) in [7, 11) is -4.27. The maximum absolute atomic E-state index is 13.9. The summed E-state index contributed by atoms with van der Waals surface area (Å²) < 4.78 is 34.0. The lowest BCUT2D eigenvalue weighted by atomic mass is 9.94. The number of nitrogens with zero attached hydrogens (tertiary/aromatic N) is 2. The molecule has 1 heterocycles. The number of amides is 2. The Hall–Kier alpha value is -2.46. The van der Waals surface area contributed by atoms with Crippen LogP contribution in [0.15, 0.2) is 47.4 Å². The maximum atomic E-state index is 13.9. The second-order valence-corrected chi connectivity index (χ2v) is 11.4. The number of anilines is 1. The van der Waals surface area contributed by atoms with Crippen molar-refractivity contribution in [1.29, 1.82) is 0 Å². The molecular formula is C25H26Cl2N2O6S. The van der Waals surface area contributed by atoms with Crippen molar-refractivity contribution >= 4 is 56.7 Å². The molecule has 0 spiro atoms. The number of ether oxygens (including phenoxy) is 1. The predicted molar refractivity (Wildman–Crippen MR) is 136 cm³/mol. The van der Waals surface area contributed by atoms with Gasteiger partial charge in [0.1, 0.15) is 10.9 Å². The summed E-state index contributed by atoms with van der Waals surface area (Å²) in [5, 5.41) is 0.183. The third-order valence-electron chi connectivity index (χ3n) is 6.45. The molecule has 0 aromatic heterocycles. The fraction of sp³-hybridized carbons (Fsp3) is 0.400. The van der Waals surface area contributed by atoms with Crippen molar-refractivity contribution < 1.29 is 27.5 Å². The van der Waals surface area contributed by atoms with Crippen molar-refractivity contribution in [3.63, 3.8) is 0 Å². The van der Waals surface area contributed by atoms with Gasteiger partial charge in [0.15, 0.2) is 0 Å². The number of esters is 1. The molecule has 1 unspecified atom stereocenters. The number of halogens is 2. The van der Waals surface area contributed by atoms with Crippen molar-refractivity contribution in [2.24, 2.45) is 0 Å². The lowest BCUT2D eigenvalue weighted by Gasteiger charge is -2.36. The SMILES string of the molecule is CCOC(=O)c1ccc(N2C(=O)CC(N(C3CCCCC3)S(=O)(=O)c3cc(Cl)ccc3Cl)C2=O)cc1. The van der Waals surface area contributed by atoms with Crippen LogP contribution in [0.4, 0.5) is 5.69 Å². The Bertz CT molecular complexity index is 1280. The fourth-order valence-corrected chi connectivity index (χ4v) is 7.36. The van der Waals surface area contributed by atoms with Gasteiger partial charge in [-0.25, -0.2) is 18.1 Å². The molecule has 4 rings (SSSR count). The highest BCUT2D eigenvalue weighted by Gasteiger charge is 2.49. The molecule has 0 radical (unpaired) electrons.